The molecule has 0 bridgehead atoms. The van der Waals surface area contributed by atoms with Crippen LogP contribution in [0.1, 0.15) is 18.4 Å². The maximum atomic E-state index is 5.84. The number of nitrogens with zero attached hydrogens (tertiary/aromatic N) is 1. The molecular formula is C14H21NO. The van der Waals surface area contributed by atoms with Crippen LogP contribution in [0.4, 0.5) is 0 Å². The molecule has 1 aliphatic rings. The molecule has 16 heavy (non-hydrogen) atoms. The third-order valence-electron chi connectivity index (χ3n) is 3.31. The van der Waals surface area contributed by atoms with Gasteiger partial charge in [-0.15, -0.1) is 0 Å². The number of hydrogen-bond donors (Lipinski definition) is 0. The molecule has 0 spiro atoms. The van der Waals surface area contributed by atoms with Crippen LogP contribution >= 0.6 is 0 Å². The Kier molecular flexibility index (Phi) is 3.83. The normalized spacial score (nSPS) is 18.6. The maximum absolute atomic E-state index is 5.84. The van der Waals surface area contributed by atoms with Crippen molar-refractivity contribution < 1.29 is 4.74 Å². The van der Waals surface area contributed by atoms with Gasteiger partial charge >= 0.3 is 0 Å². The molecule has 0 unspecified atom stereocenters. The number of ether oxygens (including phenoxy) is 1. The van der Waals surface area contributed by atoms with Crippen LogP contribution in [0, 0.1) is 12.8 Å². The molecule has 2 rings (SSSR count). The van der Waals surface area contributed by atoms with Crippen molar-refractivity contribution in [1.29, 1.82) is 0 Å². The van der Waals surface area contributed by atoms with E-state index in [9.17, 15) is 0 Å². The van der Waals surface area contributed by atoms with Crippen LogP contribution in [0.3, 0.4) is 0 Å². The second kappa shape index (κ2) is 5.35. The molecule has 1 saturated heterocycles. The number of benzene rings is 1. The summed E-state index contributed by atoms with van der Waals surface area (Å²) < 4.78 is 5.84. The van der Waals surface area contributed by atoms with Crippen LogP contribution in [0.5, 0.6) is 5.75 Å². The Morgan fingerprint density at radius 3 is 2.75 bits per heavy atom. The third-order valence-corrected chi connectivity index (χ3v) is 3.31. The fourth-order valence-electron chi connectivity index (χ4n) is 2.15. The molecule has 0 aliphatic carbocycles. The standard InChI is InChI=1S/C14H21NO/c1-12-4-3-5-14(10-12)16-11-13-6-8-15(2)9-7-13/h3-5,10,13H,6-9,11H2,1-2H3. The molecule has 0 N–H and O–H groups in total. The molecule has 2 heteroatoms. The van der Waals surface area contributed by atoms with Crippen molar-refractivity contribution in [3.05, 3.63) is 29.8 Å². The van der Waals surface area contributed by atoms with Gasteiger partial charge < -0.3 is 9.64 Å². The molecule has 0 saturated carbocycles. The first kappa shape index (κ1) is 11.5. The minimum absolute atomic E-state index is 0.733. The van der Waals surface area contributed by atoms with Gasteiger partial charge in [-0.2, -0.15) is 0 Å². The monoisotopic (exact) mass is 219 g/mol. The lowest BCUT2D eigenvalue weighted by atomic mass is 9.98. The van der Waals surface area contributed by atoms with Crippen molar-refractivity contribution in [2.24, 2.45) is 5.92 Å². The quantitative estimate of drug-likeness (QED) is 0.775. The zero-order valence-electron chi connectivity index (χ0n) is 10.3. The maximum Gasteiger partial charge on any atom is 0.119 e. The lowest BCUT2D eigenvalue weighted by Crippen LogP contribution is -2.32. The summed E-state index contributed by atoms with van der Waals surface area (Å²) in [6.07, 6.45) is 2.53. The first-order chi connectivity index (χ1) is 7.74. The number of hydrogen-bond acceptors (Lipinski definition) is 2. The predicted molar refractivity (Wildman–Crippen MR) is 66.9 cm³/mol. The minimum atomic E-state index is 0.733. The lowest BCUT2D eigenvalue weighted by Gasteiger charge is -2.28. The topological polar surface area (TPSA) is 12.5 Å². The molecule has 2 nitrogen and oxygen atoms in total. The second-order valence-corrected chi connectivity index (χ2v) is 4.87. The summed E-state index contributed by atoms with van der Waals surface area (Å²) in [5.41, 5.74) is 1.26. The van der Waals surface area contributed by atoms with Crippen LogP contribution in [0.15, 0.2) is 24.3 Å². The highest BCUT2D eigenvalue weighted by Crippen LogP contribution is 2.19. The van der Waals surface area contributed by atoms with Crippen molar-refractivity contribution in [2.75, 3.05) is 26.7 Å². The Balaban J connectivity index is 1.79. The molecule has 0 radical (unpaired) electrons. The van der Waals surface area contributed by atoms with E-state index in [1.54, 1.807) is 0 Å². The molecule has 88 valence electrons. The van der Waals surface area contributed by atoms with Gasteiger partial charge in [0, 0.05) is 0 Å². The van der Waals surface area contributed by atoms with E-state index in [0.29, 0.717) is 0 Å². The summed E-state index contributed by atoms with van der Waals surface area (Å²) >= 11 is 0. The highest BCUT2D eigenvalue weighted by Gasteiger charge is 2.16. The molecule has 1 heterocycles. The van der Waals surface area contributed by atoms with Gasteiger partial charge in [0.05, 0.1) is 6.61 Å². The van der Waals surface area contributed by atoms with E-state index in [-0.39, 0.29) is 0 Å². The van der Waals surface area contributed by atoms with Gasteiger partial charge in [0.15, 0.2) is 0 Å². The van der Waals surface area contributed by atoms with Gasteiger partial charge in [-0.05, 0) is 63.5 Å². The first-order valence-corrected chi connectivity index (χ1v) is 6.12. The van der Waals surface area contributed by atoms with Crippen molar-refractivity contribution in [2.45, 2.75) is 19.8 Å². The number of piperidine rings is 1. The number of aryl methyl sites for hydroxylation is 1. The van der Waals surface area contributed by atoms with E-state index in [1.165, 1.54) is 31.5 Å². The minimum Gasteiger partial charge on any atom is -0.493 e. The van der Waals surface area contributed by atoms with Crippen LogP contribution < -0.4 is 4.74 Å². The molecule has 1 aromatic carbocycles. The second-order valence-electron chi connectivity index (χ2n) is 4.87. The van der Waals surface area contributed by atoms with Crippen LogP contribution in [-0.2, 0) is 0 Å². The summed E-state index contributed by atoms with van der Waals surface area (Å²) in [7, 11) is 2.19. The fourth-order valence-corrected chi connectivity index (χ4v) is 2.15. The van der Waals surface area contributed by atoms with Crippen LogP contribution in [-0.4, -0.2) is 31.6 Å². The Morgan fingerprint density at radius 1 is 1.31 bits per heavy atom. The van der Waals surface area contributed by atoms with E-state index in [2.05, 4.69) is 37.1 Å². The largest absolute Gasteiger partial charge is 0.493 e. The van der Waals surface area contributed by atoms with Crippen molar-refractivity contribution >= 4 is 0 Å². The van der Waals surface area contributed by atoms with E-state index >= 15 is 0 Å². The van der Waals surface area contributed by atoms with E-state index in [0.717, 1.165) is 18.3 Å². The van der Waals surface area contributed by atoms with Crippen molar-refractivity contribution in [3.8, 4) is 5.75 Å². The SMILES string of the molecule is Cc1cccc(OCC2CCN(C)CC2)c1. The summed E-state index contributed by atoms with van der Waals surface area (Å²) in [6, 6.07) is 8.30. The van der Waals surface area contributed by atoms with Gasteiger partial charge in [0.25, 0.3) is 0 Å². The Bertz CT molecular complexity index is 329. The van der Waals surface area contributed by atoms with Gasteiger partial charge in [-0.3, -0.25) is 0 Å². The smallest absolute Gasteiger partial charge is 0.119 e. The molecule has 1 aliphatic heterocycles. The van der Waals surface area contributed by atoms with Gasteiger partial charge in [0.1, 0.15) is 5.75 Å². The fraction of sp³-hybridized carbons (Fsp3) is 0.571. The van der Waals surface area contributed by atoms with Crippen molar-refractivity contribution in [3.63, 3.8) is 0 Å². The molecule has 0 amide bonds. The Hall–Kier alpha value is -1.02. The molecule has 1 aromatic rings. The molecule has 1 fully saturated rings. The van der Waals surface area contributed by atoms with Crippen molar-refractivity contribution in [1.82, 2.24) is 4.90 Å². The number of rotatable bonds is 3. The average molecular weight is 219 g/mol. The van der Waals surface area contributed by atoms with Gasteiger partial charge in [0.2, 0.25) is 0 Å². The van der Waals surface area contributed by atoms with E-state index in [4.69, 9.17) is 4.74 Å². The average Bonchev–Trinajstić information content (AvgIpc) is 2.28. The van der Waals surface area contributed by atoms with Crippen LogP contribution in [0.25, 0.3) is 0 Å². The predicted octanol–water partition coefficient (Wildman–Crippen LogP) is 2.72. The summed E-state index contributed by atoms with van der Waals surface area (Å²) in [5.74, 6) is 1.75. The summed E-state index contributed by atoms with van der Waals surface area (Å²) in [6.45, 7) is 5.39. The Morgan fingerprint density at radius 2 is 2.06 bits per heavy atom. The van der Waals surface area contributed by atoms with Gasteiger partial charge in [-0.25, -0.2) is 0 Å². The first-order valence-electron chi connectivity index (χ1n) is 6.12. The molecular weight excluding hydrogens is 198 g/mol. The molecule has 0 atom stereocenters. The van der Waals surface area contributed by atoms with Gasteiger partial charge in [-0.1, -0.05) is 12.1 Å². The molecule has 0 aromatic heterocycles. The lowest BCUT2D eigenvalue weighted by molar-refractivity contribution is 0.160. The number of likely N-dealkylation sites (tertiary alicyclic amines) is 1. The van der Waals surface area contributed by atoms with E-state index < -0.39 is 0 Å². The summed E-state index contributed by atoms with van der Waals surface area (Å²) in [4.78, 5) is 2.39. The Labute approximate surface area is 98.2 Å². The summed E-state index contributed by atoms with van der Waals surface area (Å²) in [5, 5.41) is 0. The highest BCUT2D eigenvalue weighted by atomic mass is 16.5. The van der Waals surface area contributed by atoms with Crippen LogP contribution in [0.2, 0.25) is 0 Å². The highest BCUT2D eigenvalue weighted by molar-refractivity contribution is 5.27. The zero-order valence-corrected chi connectivity index (χ0v) is 10.3. The van der Waals surface area contributed by atoms with E-state index in [1.807, 2.05) is 6.07 Å². The zero-order chi connectivity index (χ0) is 11.4. The third kappa shape index (κ3) is 3.24.